The molecule has 0 atom stereocenters. The van der Waals surface area contributed by atoms with E-state index in [1.54, 1.807) is 6.20 Å². The summed E-state index contributed by atoms with van der Waals surface area (Å²) >= 11 is 0. The van der Waals surface area contributed by atoms with Crippen molar-refractivity contribution in [1.29, 1.82) is 0 Å². The van der Waals surface area contributed by atoms with Gasteiger partial charge in [0.25, 0.3) is 0 Å². The van der Waals surface area contributed by atoms with Crippen molar-refractivity contribution >= 4 is 5.95 Å². The second-order valence-electron chi connectivity index (χ2n) is 5.02. The van der Waals surface area contributed by atoms with Gasteiger partial charge in [0.2, 0.25) is 5.95 Å². The summed E-state index contributed by atoms with van der Waals surface area (Å²) in [6, 6.07) is 0.586. The Morgan fingerprint density at radius 3 is 2.61 bits per heavy atom. The van der Waals surface area contributed by atoms with Gasteiger partial charge in [-0.05, 0) is 26.7 Å². The summed E-state index contributed by atoms with van der Waals surface area (Å²) in [6.07, 6.45) is 8.24. The van der Waals surface area contributed by atoms with Crippen LogP contribution < -0.4 is 4.90 Å². The summed E-state index contributed by atoms with van der Waals surface area (Å²) in [4.78, 5) is 11.3. The first-order valence-corrected chi connectivity index (χ1v) is 6.96. The molecule has 2 rings (SSSR count). The number of aromatic nitrogens is 2. The molecule has 1 heterocycles. The van der Waals surface area contributed by atoms with Crippen LogP contribution in [0, 0.1) is 6.92 Å². The number of nitrogens with zero attached hydrogens (tertiary/aromatic N) is 3. The van der Waals surface area contributed by atoms with Gasteiger partial charge in [0.15, 0.2) is 0 Å². The molecule has 4 nitrogen and oxygen atoms in total. The molecular weight excluding hydrogens is 226 g/mol. The van der Waals surface area contributed by atoms with Gasteiger partial charge < -0.3 is 10.0 Å². The molecule has 0 aromatic carbocycles. The molecule has 0 bridgehead atoms. The number of anilines is 1. The topological polar surface area (TPSA) is 49.2 Å². The van der Waals surface area contributed by atoms with Gasteiger partial charge in [0, 0.05) is 30.0 Å². The van der Waals surface area contributed by atoms with Crippen LogP contribution in [0.4, 0.5) is 5.95 Å². The zero-order valence-corrected chi connectivity index (χ0v) is 11.4. The molecule has 0 amide bonds. The molecule has 1 aromatic rings. The Morgan fingerprint density at radius 2 is 2.06 bits per heavy atom. The van der Waals surface area contributed by atoms with E-state index in [0.717, 1.165) is 23.8 Å². The number of aliphatic hydroxyl groups excluding tert-OH is 1. The van der Waals surface area contributed by atoms with E-state index in [1.807, 2.05) is 6.92 Å². The minimum absolute atomic E-state index is 0.0155. The van der Waals surface area contributed by atoms with Gasteiger partial charge in [-0.1, -0.05) is 19.3 Å². The van der Waals surface area contributed by atoms with Gasteiger partial charge in [-0.2, -0.15) is 0 Å². The Labute approximate surface area is 109 Å². The van der Waals surface area contributed by atoms with Crippen LogP contribution in [0.1, 0.15) is 50.3 Å². The van der Waals surface area contributed by atoms with E-state index in [2.05, 4.69) is 21.8 Å². The second kappa shape index (κ2) is 6.14. The quantitative estimate of drug-likeness (QED) is 0.890. The molecule has 1 fully saturated rings. The Balaban J connectivity index is 2.18. The minimum Gasteiger partial charge on any atom is -0.392 e. The van der Waals surface area contributed by atoms with Crippen molar-refractivity contribution in [1.82, 2.24) is 9.97 Å². The summed E-state index contributed by atoms with van der Waals surface area (Å²) in [5, 5.41) is 9.16. The Kier molecular flexibility index (Phi) is 4.53. The average Bonchev–Trinajstić information content (AvgIpc) is 2.41. The molecule has 1 aromatic heterocycles. The van der Waals surface area contributed by atoms with E-state index >= 15 is 0 Å². The van der Waals surface area contributed by atoms with Crippen LogP contribution in [0.5, 0.6) is 0 Å². The molecule has 1 saturated carbocycles. The lowest BCUT2D eigenvalue weighted by Crippen LogP contribution is -2.38. The number of aliphatic hydroxyl groups is 1. The van der Waals surface area contributed by atoms with Crippen molar-refractivity contribution in [2.45, 2.75) is 58.6 Å². The lowest BCUT2D eigenvalue weighted by Gasteiger charge is -2.33. The van der Waals surface area contributed by atoms with Crippen LogP contribution in [0.15, 0.2) is 6.20 Å². The highest BCUT2D eigenvalue weighted by Crippen LogP contribution is 2.25. The molecule has 4 heteroatoms. The van der Waals surface area contributed by atoms with Crippen molar-refractivity contribution in [2.24, 2.45) is 0 Å². The largest absolute Gasteiger partial charge is 0.392 e. The minimum atomic E-state index is 0.0155. The molecule has 1 aliphatic carbocycles. The molecule has 18 heavy (non-hydrogen) atoms. The molecular formula is C14H23N3O. The van der Waals surface area contributed by atoms with Gasteiger partial charge in [0.05, 0.1) is 6.61 Å². The highest BCUT2D eigenvalue weighted by molar-refractivity contribution is 5.34. The van der Waals surface area contributed by atoms with Gasteiger partial charge in [-0.25, -0.2) is 9.97 Å². The maximum atomic E-state index is 9.16. The smallest absolute Gasteiger partial charge is 0.225 e. The van der Waals surface area contributed by atoms with Crippen LogP contribution in [0.2, 0.25) is 0 Å². The summed E-state index contributed by atoms with van der Waals surface area (Å²) < 4.78 is 0. The van der Waals surface area contributed by atoms with Gasteiger partial charge in [0.1, 0.15) is 0 Å². The predicted molar refractivity (Wildman–Crippen MR) is 72.6 cm³/mol. The van der Waals surface area contributed by atoms with E-state index < -0.39 is 0 Å². The first-order valence-electron chi connectivity index (χ1n) is 6.96. The summed E-state index contributed by atoms with van der Waals surface area (Å²) in [7, 11) is 0. The van der Waals surface area contributed by atoms with E-state index in [4.69, 9.17) is 5.11 Å². The molecule has 0 saturated heterocycles. The molecule has 1 aliphatic rings. The molecule has 0 radical (unpaired) electrons. The summed E-state index contributed by atoms with van der Waals surface area (Å²) in [6.45, 7) is 5.06. The van der Waals surface area contributed by atoms with E-state index in [-0.39, 0.29) is 6.61 Å². The monoisotopic (exact) mass is 249 g/mol. The average molecular weight is 249 g/mol. The first kappa shape index (κ1) is 13.3. The van der Waals surface area contributed by atoms with E-state index in [0.29, 0.717) is 6.04 Å². The molecule has 1 N–H and O–H groups in total. The van der Waals surface area contributed by atoms with Crippen LogP contribution in [-0.4, -0.2) is 27.7 Å². The van der Waals surface area contributed by atoms with Crippen molar-refractivity contribution in [3.05, 3.63) is 17.5 Å². The lowest BCUT2D eigenvalue weighted by atomic mass is 9.94. The second-order valence-corrected chi connectivity index (χ2v) is 5.02. The molecule has 0 spiro atoms. The number of hydrogen-bond donors (Lipinski definition) is 1. The Hall–Kier alpha value is -1.16. The number of rotatable bonds is 4. The third-order valence-corrected chi connectivity index (χ3v) is 3.85. The number of aryl methyl sites for hydroxylation is 1. The fraction of sp³-hybridized carbons (Fsp3) is 0.714. The zero-order valence-electron chi connectivity index (χ0n) is 11.4. The summed E-state index contributed by atoms with van der Waals surface area (Å²) in [5.41, 5.74) is 1.70. The van der Waals surface area contributed by atoms with E-state index in [1.165, 1.54) is 32.1 Å². The Morgan fingerprint density at radius 1 is 1.33 bits per heavy atom. The SMILES string of the molecule is CCN(c1ncc(CO)c(C)n1)C1CCCCC1. The molecule has 0 aliphatic heterocycles. The van der Waals surface area contributed by atoms with Crippen LogP contribution in [-0.2, 0) is 6.61 Å². The fourth-order valence-corrected chi connectivity index (χ4v) is 2.73. The highest BCUT2D eigenvalue weighted by Gasteiger charge is 2.22. The maximum Gasteiger partial charge on any atom is 0.225 e. The highest BCUT2D eigenvalue weighted by atomic mass is 16.3. The first-order chi connectivity index (χ1) is 8.76. The molecule has 100 valence electrons. The lowest BCUT2D eigenvalue weighted by molar-refractivity contribution is 0.280. The van der Waals surface area contributed by atoms with Crippen molar-refractivity contribution < 1.29 is 5.11 Å². The fourth-order valence-electron chi connectivity index (χ4n) is 2.73. The Bertz CT molecular complexity index is 389. The third-order valence-electron chi connectivity index (χ3n) is 3.85. The normalized spacial score (nSPS) is 16.8. The van der Waals surface area contributed by atoms with Crippen LogP contribution in [0.25, 0.3) is 0 Å². The van der Waals surface area contributed by atoms with Crippen molar-refractivity contribution in [3.8, 4) is 0 Å². The molecule has 0 unspecified atom stereocenters. The van der Waals surface area contributed by atoms with Crippen LogP contribution in [0.3, 0.4) is 0 Å². The van der Waals surface area contributed by atoms with Crippen LogP contribution >= 0.6 is 0 Å². The standard InChI is InChI=1S/C14H23N3O/c1-3-17(13-7-5-4-6-8-13)14-15-9-12(10-18)11(2)16-14/h9,13,18H,3-8,10H2,1-2H3. The summed E-state index contributed by atoms with van der Waals surface area (Å²) in [5.74, 6) is 0.819. The van der Waals surface area contributed by atoms with Gasteiger partial charge in [-0.3, -0.25) is 0 Å². The number of hydrogen-bond acceptors (Lipinski definition) is 4. The third kappa shape index (κ3) is 2.80. The zero-order chi connectivity index (χ0) is 13.0. The van der Waals surface area contributed by atoms with E-state index in [9.17, 15) is 0 Å². The van der Waals surface area contributed by atoms with Crippen molar-refractivity contribution in [2.75, 3.05) is 11.4 Å². The predicted octanol–water partition coefficient (Wildman–Crippen LogP) is 2.44. The maximum absolute atomic E-state index is 9.16. The van der Waals surface area contributed by atoms with Crippen molar-refractivity contribution in [3.63, 3.8) is 0 Å². The van der Waals surface area contributed by atoms with Gasteiger partial charge >= 0.3 is 0 Å². The van der Waals surface area contributed by atoms with Gasteiger partial charge in [-0.15, -0.1) is 0 Å².